The lowest BCUT2D eigenvalue weighted by Gasteiger charge is -2.09. The molecule has 0 aliphatic heterocycles. The van der Waals surface area contributed by atoms with Crippen LogP contribution in [0.3, 0.4) is 0 Å². The Hall–Kier alpha value is -2.49. The molecule has 0 unspecified atom stereocenters. The van der Waals surface area contributed by atoms with Crippen LogP contribution in [0.2, 0.25) is 0 Å². The van der Waals surface area contributed by atoms with E-state index in [1.54, 1.807) is 14.0 Å². The van der Waals surface area contributed by atoms with E-state index in [4.69, 9.17) is 14.2 Å². The zero-order chi connectivity index (χ0) is 15.8. The van der Waals surface area contributed by atoms with Crippen LogP contribution in [0.1, 0.15) is 18.9 Å². The van der Waals surface area contributed by atoms with Gasteiger partial charge in [0.15, 0.2) is 0 Å². The Balaban J connectivity index is 2.00. The number of ether oxygens (including phenoxy) is 3. The summed E-state index contributed by atoms with van der Waals surface area (Å²) in [6, 6.07) is 15.1. The van der Waals surface area contributed by atoms with Crippen molar-refractivity contribution in [3.05, 3.63) is 54.1 Å². The van der Waals surface area contributed by atoms with Crippen LogP contribution in [0.25, 0.3) is 0 Å². The molecule has 22 heavy (non-hydrogen) atoms. The number of carbonyl (C=O) groups excluding carboxylic acids is 1. The van der Waals surface area contributed by atoms with Crippen molar-refractivity contribution in [2.75, 3.05) is 13.7 Å². The normalized spacial score (nSPS) is 10.1. The molecule has 0 radical (unpaired) electrons. The van der Waals surface area contributed by atoms with Gasteiger partial charge in [-0.25, -0.2) is 0 Å². The maximum atomic E-state index is 11.4. The smallest absolute Gasteiger partial charge is 0.306 e. The summed E-state index contributed by atoms with van der Waals surface area (Å²) in [5.41, 5.74) is 1.04. The van der Waals surface area contributed by atoms with Crippen LogP contribution >= 0.6 is 0 Å². The highest BCUT2D eigenvalue weighted by molar-refractivity contribution is 5.69. The molecular weight excluding hydrogens is 280 g/mol. The zero-order valence-corrected chi connectivity index (χ0v) is 12.9. The second-order valence-corrected chi connectivity index (χ2v) is 4.73. The summed E-state index contributed by atoms with van der Waals surface area (Å²) in [4.78, 5) is 11.4. The van der Waals surface area contributed by atoms with Gasteiger partial charge in [0.05, 0.1) is 13.7 Å². The molecule has 0 heterocycles. The lowest BCUT2D eigenvalue weighted by Crippen LogP contribution is -2.05. The molecule has 0 aliphatic carbocycles. The van der Waals surface area contributed by atoms with Crippen LogP contribution in [-0.4, -0.2) is 19.7 Å². The first-order chi connectivity index (χ1) is 10.7. The van der Waals surface area contributed by atoms with Gasteiger partial charge in [-0.05, 0) is 43.2 Å². The van der Waals surface area contributed by atoms with Crippen LogP contribution in [0.4, 0.5) is 0 Å². The molecule has 0 atom stereocenters. The summed E-state index contributed by atoms with van der Waals surface area (Å²) in [5.74, 6) is 2.01. The Kier molecular flexibility index (Phi) is 5.83. The zero-order valence-electron chi connectivity index (χ0n) is 12.9. The number of hydrogen-bond donors (Lipinski definition) is 0. The van der Waals surface area contributed by atoms with Crippen molar-refractivity contribution in [1.29, 1.82) is 0 Å². The molecule has 0 fully saturated rings. The predicted molar refractivity (Wildman–Crippen MR) is 84.5 cm³/mol. The third kappa shape index (κ3) is 4.81. The van der Waals surface area contributed by atoms with Gasteiger partial charge >= 0.3 is 5.97 Å². The molecule has 0 bridgehead atoms. The average Bonchev–Trinajstić information content (AvgIpc) is 2.54. The van der Waals surface area contributed by atoms with Crippen LogP contribution in [0, 0.1) is 0 Å². The van der Waals surface area contributed by atoms with E-state index in [-0.39, 0.29) is 5.97 Å². The van der Waals surface area contributed by atoms with Crippen molar-refractivity contribution in [1.82, 2.24) is 0 Å². The maximum absolute atomic E-state index is 11.4. The Bertz CT molecular complexity index is 622. The molecule has 0 N–H and O–H groups in total. The van der Waals surface area contributed by atoms with Gasteiger partial charge in [0, 0.05) is 12.5 Å². The molecule has 2 rings (SSSR count). The molecular formula is C18H20O4. The van der Waals surface area contributed by atoms with E-state index in [0.29, 0.717) is 25.2 Å². The molecule has 0 aromatic heterocycles. The molecule has 2 aromatic carbocycles. The van der Waals surface area contributed by atoms with Gasteiger partial charge in [-0.1, -0.05) is 18.2 Å². The summed E-state index contributed by atoms with van der Waals surface area (Å²) in [5, 5.41) is 0. The minimum Gasteiger partial charge on any atom is -0.497 e. The summed E-state index contributed by atoms with van der Waals surface area (Å²) >= 11 is 0. The summed E-state index contributed by atoms with van der Waals surface area (Å²) in [6.45, 7) is 2.22. The van der Waals surface area contributed by atoms with Gasteiger partial charge in [-0.15, -0.1) is 0 Å². The van der Waals surface area contributed by atoms with E-state index < -0.39 is 0 Å². The van der Waals surface area contributed by atoms with E-state index >= 15 is 0 Å². The Morgan fingerprint density at radius 2 is 1.68 bits per heavy atom. The molecule has 0 spiro atoms. The number of hydrogen-bond acceptors (Lipinski definition) is 4. The van der Waals surface area contributed by atoms with Crippen molar-refractivity contribution in [2.45, 2.75) is 19.8 Å². The minimum absolute atomic E-state index is 0.179. The van der Waals surface area contributed by atoms with Crippen molar-refractivity contribution >= 4 is 5.97 Å². The number of rotatable bonds is 7. The molecule has 0 aliphatic rings. The number of benzene rings is 2. The number of carbonyl (C=O) groups is 1. The van der Waals surface area contributed by atoms with Crippen molar-refractivity contribution in [3.8, 4) is 17.2 Å². The van der Waals surface area contributed by atoms with Gasteiger partial charge in [-0.3, -0.25) is 4.79 Å². The quantitative estimate of drug-likeness (QED) is 0.725. The Morgan fingerprint density at radius 1 is 1.00 bits per heavy atom. The van der Waals surface area contributed by atoms with Crippen LogP contribution in [-0.2, 0) is 16.0 Å². The molecule has 0 saturated heterocycles. The minimum atomic E-state index is -0.179. The summed E-state index contributed by atoms with van der Waals surface area (Å²) in [6.07, 6.45) is 1.00. The Morgan fingerprint density at radius 3 is 2.41 bits per heavy atom. The maximum Gasteiger partial charge on any atom is 0.306 e. The highest BCUT2D eigenvalue weighted by Gasteiger charge is 2.04. The first-order valence-electron chi connectivity index (χ1n) is 7.27. The van der Waals surface area contributed by atoms with Crippen LogP contribution < -0.4 is 9.47 Å². The van der Waals surface area contributed by atoms with E-state index in [0.717, 1.165) is 17.1 Å². The largest absolute Gasteiger partial charge is 0.497 e. The van der Waals surface area contributed by atoms with Gasteiger partial charge in [0.25, 0.3) is 0 Å². The van der Waals surface area contributed by atoms with Crippen LogP contribution in [0.15, 0.2) is 48.5 Å². The molecule has 0 amide bonds. The van der Waals surface area contributed by atoms with E-state index in [1.807, 2.05) is 48.5 Å². The Labute approximate surface area is 130 Å². The number of esters is 1. The fourth-order valence-corrected chi connectivity index (χ4v) is 2.04. The average molecular weight is 300 g/mol. The van der Waals surface area contributed by atoms with Crippen molar-refractivity contribution in [3.63, 3.8) is 0 Å². The third-order valence-corrected chi connectivity index (χ3v) is 3.10. The van der Waals surface area contributed by atoms with Crippen molar-refractivity contribution in [2.24, 2.45) is 0 Å². The third-order valence-electron chi connectivity index (χ3n) is 3.10. The van der Waals surface area contributed by atoms with Gasteiger partial charge < -0.3 is 14.2 Å². The lowest BCUT2D eigenvalue weighted by molar-refractivity contribution is -0.143. The summed E-state index contributed by atoms with van der Waals surface area (Å²) < 4.78 is 15.9. The number of aryl methyl sites for hydroxylation is 1. The second-order valence-electron chi connectivity index (χ2n) is 4.73. The standard InChI is InChI=1S/C18H20O4/c1-3-21-18(19)11-10-14-6-4-8-16(12-14)22-17-9-5-7-15(13-17)20-2/h4-9,12-13H,3,10-11H2,1-2H3. The highest BCUT2D eigenvalue weighted by atomic mass is 16.5. The predicted octanol–water partition coefficient (Wildman–Crippen LogP) is 3.98. The molecule has 4 heteroatoms. The topological polar surface area (TPSA) is 44.8 Å². The SMILES string of the molecule is CCOC(=O)CCc1cccc(Oc2cccc(OC)c2)c1. The summed E-state index contributed by atoms with van der Waals surface area (Å²) in [7, 11) is 1.62. The van der Waals surface area contributed by atoms with E-state index in [1.165, 1.54) is 0 Å². The van der Waals surface area contributed by atoms with Gasteiger partial charge in [0.1, 0.15) is 17.2 Å². The molecule has 2 aromatic rings. The van der Waals surface area contributed by atoms with E-state index in [2.05, 4.69) is 0 Å². The van der Waals surface area contributed by atoms with Gasteiger partial charge in [-0.2, -0.15) is 0 Å². The second kappa shape index (κ2) is 8.08. The van der Waals surface area contributed by atoms with Gasteiger partial charge in [0.2, 0.25) is 0 Å². The fourth-order valence-electron chi connectivity index (χ4n) is 2.04. The van der Waals surface area contributed by atoms with Crippen LogP contribution in [0.5, 0.6) is 17.2 Å². The lowest BCUT2D eigenvalue weighted by atomic mass is 10.1. The highest BCUT2D eigenvalue weighted by Crippen LogP contribution is 2.25. The first-order valence-corrected chi connectivity index (χ1v) is 7.27. The molecule has 0 saturated carbocycles. The molecule has 4 nitrogen and oxygen atoms in total. The van der Waals surface area contributed by atoms with Crippen molar-refractivity contribution < 1.29 is 19.0 Å². The monoisotopic (exact) mass is 300 g/mol. The first kappa shape index (κ1) is 15.9. The molecule has 116 valence electrons. The fraction of sp³-hybridized carbons (Fsp3) is 0.278. The van der Waals surface area contributed by atoms with E-state index in [9.17, 15) is 4.79 Å². The number of methoxy groups -OCH3 is 1.